The highest BCUT2D eigenvalue weighted by molar-refractivity contribution is 6.32. The molecule has 0 saturated heterocycles. The summed E-state index contributed by atoms with van der Waals surface area (Å²) in [5.74, 6) is 11.4. The van der Waals surface area contributed by atoms with Crippen LogP contribution in [0.3, 0.4) is 0 Å². The third-order valence-electron chi connectivity index (χ3n) is 8.87. The fourth-order valence-corrected chi connectivity index (χ4v) is 7.00. The number of carbonyl (C=O) groups is 2. The fraction of sp³-hybridized carbons (Fsp3) is 0.317. The van der Waals surface area contributed by atoms with Crippen LogP contribution < -0.4 is 10.6 Å². The number of halogens is 4. The first-order chi connectivity index (χ1) is 25.3. The predicted molar refractivity (Wildman–Crippen MR) is 209 cm³/mol. The first-order valence-corrected chi connectivity index (χ1v) is 18.7. The van der Waals surface area contributed by atoms with E-state index in [1.165, 1.54) is 6.20 Å². The van der Waals surface area contributed by atoms with E-state index in [0.29, 0.717) is 52.0 Å². The van der Waals surface area contributed by atoms with Crippen LogP contribution in [0, 0.1) is 30.6 Å². The number of amides is 2. The van der Waals surface area contributed by atoms with E-state index in [-0.39, 0.29) is 29.1 Å². The number of nitrogens with one attached hydrogen (secondary N) is 2. The molecule has 0 spiro atoms. The lowest BCUT2D eigenvalue weighted by atomic mass is 9.82. The zero-order valence-electron chi connectivity index (χ0n) is 28.9. The van der Waals surface area contributed by atoms with Crippen LogP contribution in [-0.2, 0) is 0 Å². The smallest absolute Gasteiger partial charge is 0.254 e. The molecule has 0 radical (unpaired) electrons. The summed E-state index contributed by atoms with van der Waals surface area (Å²) < 4.78 is 0. The second kappa shape index (κ2) is 18.3. The van der Waals surface area contributed by atoms with E-state index in [9.17, 15) is 19.8 Å². The fourth-order valence-electron chi connectivity index (χ4n) is 6.22. The zero-order valence-corrected chi connectivity index (χ0v) is 32.0. The van der Waals surface area contributed by atoms with Crippen molar-refractivity contribution in [2.24, 2.45) is 0 Å². The third kappa shape index (κ3) is 12.2. The monoisotopic (exact) mass is 790 g/mol. The zero-order chi connectivity index (χ0) is 38.0. The topological polar surface area (TPSA) is 124 Å². The highest BCUT2D eigenvalue weighted by atomic mass is 35.5. The molecule has 4 atom stereocenters. The first-order valence-electron chi connectivity index (χ1n) is 17.2. The molecule has 8 nitrogen and oxygen atoms in total. The lowest BCUT2D eigenvalue weighted by Crippen LogP contribution is -2.45. The minimum Gasteiger partial charge on any atom is -0.378 e. The Balaban J connectivity index is 0.000000204. The molecular formula is C41H38Cl4N4O4. The normalized spacial score (nSPS) is 22.0. The number of nitrogens with zero attached hydrogens (tertiary/aromatic N) is 2. The molecule has 2 amide bonds. The molecular weight excluding hydrogens is 754 g/mol. The van der Waals surface area contributed by atoms with Crippen molar-refractivity contribution in [1.82, 2.24) is 20.6 Å². The van der Waals surface area contributed by atoms with Gasteiger partial charge in [0, 0.05) is 58.0 Å². The lowest BCUT2D eigenvalue weighted by molar-refractivity contribution is 0.0443. The van der Waals surface area contributed by atoms with Crippen LogP contribution in [0.25, 0.3) is 0 Å². The van der Waals surface area contributed by atoms with Crippen molar-refractivity contribution in [1.29, 1.82) is 0 Å². The largest absolute Gasteiger partial charge is 0.378 e. The van der Waals surface area contributed by atoms with Crippen LogP contribution in [0.4, 0.5) is 0 Å². The van der Waals surface area contributed by atoms with Crippen LogP contribution in [0.2, 0.25) is 20.4 Å². The van der Waals surface area contributed by atoms with Crippen molar-refractivity contribution < 1.29 is 19.8 Å². The van der Waals surface area contributed by atoms with Crippen molar-refractivity contribution in [2.45, 2.75) is 81.6 Å². The number of aromatic nitrogens is 2. The van der Waals surface area contributed by atoms with Crippen LogP contribution in [-0.4, -0.2) is 55.3 Å². The standard InChI is InChI=1S/C21H20Cl2N2O2.C20H18Cl2N2O2/c1-14-7-8-18(19(23)24-14)20(26)25-17-6-3-10-21(27,13-17)11-9-15-4-2-5-16(22)12-15;21-16-4-1-3-14(11-16)8-10-20(26)9-2-5-17(12-20)24-19(25)15-6-7-18(22)23-13-15/h2,4-5,7-8,12,17,27H,3,6,10,13H2,1H3,(H,25,26);1,3-4,6-7,11,13,17,26H,2,5,9,12H2,(H,24,25)/t17-,21+;17-,20+/m00/s1. The molecule has 2 saturated carbocycles. The van der Waals surface area contributed by atoms with Crippen LogP contribution >= 0.6 is 46.4 Å². The van der Waals surface area contributed by atoms with Gasteiger partial charge >= 0.3 is 0 Å². The van der Waals surface area contributed by atoms with E-state index in [1.807, 2.05) is 31.2 Å². The second-order valence-electron chi connectivity index (χ2n) is 13.3. The summed E-state index contributed by atoms with van der Waals surface area (Å²) in [7, 11) is 0. The van der Waals surface area contributed by atoms with Crippen molar-refractivity contribution >= 4 is 58.2 Å². The molecule has 2 aromatic carbocycles. The molecule has 6 rings (SSSR count). The van der Waals surface area contributed by atoms with Gasteiger partial charge in [0.2, 0.25) is 0 Å². The van der Waals surface area contributed by atoms with Crippen LogP contribution in [0.1, 0.15) is 88.9 Å². The summed E-state index contributed by atoms with van der Waals surface area (Å²) in [5, 5.41) is 29.3. The predicted octanol–water partition coefficient (Wildman–Crippen LogP) is 8.00. The van der Waals surface area contributed by atoms with Gasteiger partial charge in [-0.05, 0) is 106 Å². The lowest BCUT2D eigenvalue weighted by Gasteiger charge is -2.33. The third-order valence-corrected chi connectivity index (χ3v) is 9.86. The second-order valence-corrected chi connectivity index (χ2v) is 14.9. The molecule has 4 N–H and O–H groups in total. The Hall–Kier alpha value is -4.12. The number of aryl methyl sites for hydroxylation is 1. The van der Waals surface area contributed by atoms with Gasteiger partial charge in [-0.15, -0.1) is 0 Å². The quantitative estimate of drug-likeness (QED) is 0.123. The van der Waals surface area contributed by atoms with Gasteiger partial charge in [0.05, 0.1) is 11.1 Å². The number of pyridine rings is 2. The summed E-state index contributed by atoms with van der Waals surface area (Å²) in [6, 6.07) is 20.7. The van der Waals surface area contributed by atoms with Gasteiger partial charge < -0.3 is 20.8 Å². The van der Waals surface area contributed by atoms with E-state index < -0.39 is 11.2 Å². The van der Waals surface area contributed by atoms with E-state index >= 15 is 0 Å². The van der Waals surface area contributed by atoms with Crippen molar-refractivity contribution in [3.63, 3.8) is 0 Å². The Labute approximate surface area is 329 Å². The SMILES string of the molecule is Cc1ccc(C(=O)N[C@H]2CCC[C@@](O)(C#Cc3cccc(Cl)c3)C2)c(Cl)n1.O=C(N[C@H]1CCC[C@@](O)(C#Cc2cccc(Cl)c2)C1)c1ccc(Cl)nc1. The van der Waals surface area contributed by atoms with E-state index in [0.717, 1.165) is 42.5 Å². The molecule has 53 heavy (non-hydrogen) atoms. The molecule has 0 aliphatic heterocycles. The van der Waals surface area contributed by atoms with Crippen molar-refractivity contribution in [3.05, 3.63) is 127 Å². The van der Waals surface area contributed by atoms with Gasteiger partial charge in [-0.1, -0.05) is 82.2 Å². The Morgan fingerprint density at radius 1 is 0.755 bits per heavy atom. The Kier molecular flexibility index (Phi) is 13.8. The van der Waals surface area contributed by atoms with Gasteiger partial charge in [-0.2, -0.15) is 0 Å². The van der Waals surface area contributed by atoms with Crippen LogP contribution in [0.15, 0.2) is 79.0 Å². The number of hydrogen-bond acceptors (Lipinski definition) is 6. The molecule has 4 aromatic rings. The van der Waals surface area contributed by atoms with Crippen molar-refractivity contribution in [2.75, 3.05) is 0 Å². The highest BCUT2D eigenvalue weighted by Crippen LogP contribution is 2.30. The average Bonchev–Trinajstić information content (AvgIpc) is 3.11. The minimum absolute atomic E-state index is 0.148. The molecule has 2 aliphatic rings. The maximum Gasteiger partial charge on any atom is 0.254 e. The number of hydrogen-bond donors (Lipinski definition) is 4. The molecule has 2 fully saturated rings. The summed E-state index contributed by atoms with van der Waals surface area (Å²) >= 11 is 23.7. The minimum atomic E-state index is -1.15. The number of benzene rings is 2. The molecule has 0 bridgehead atoms. The molecule has 12 heteroatoms. The number of aliphatic hydroxyl groups is 2. The van der Waals surface area contributed by atoms with Gasteiger partial charge in [0.15, 0.2) is 0 Å². The Morgan fingerprint density at radius 3 is 1.79 bits per heavy atom. The maximum absolute atomic E-state index is 12.5. The Bertz CT molecular complexity index is 2070. The van der Waals surface area contributed by atoms with Gasteiger partial charge in [0.25, 0.3) is 11.8 Å². The molecule has 2 heterocycles. The first kappa shape index (κ1) is 40.1. The maximum atomic E-state index is 12.5. The highest BCUT2D eigenvalue weighted by Gasteiger charge is 2.35. The number of carbonyl (C=O) groups excluding carboxylic acids is 2. The average molecular weight is 793 g/mol. The number of rotatable bonds is 4. The van der Waals surface area contributed by atoms with E-state index in [4.69, 9.17) is 46.4 Å². The van der Waals surface area contributed by atoms with Gasteiger partial charge in [-0.3, -0.25) is 9.59 Å². The van der Waals surface area contributed by atoms with E-state index in [2.05, 4.69) is 44.3 Å². The van der Waals surface area contributed by atoms with Crippen molar-refractivity contribution in [3.8, 4) is 23.7 Å². The molecule has 0 unspecified atom stereocenters. The summed E-state index contributed by atoms with van der Waals surface area (Å²) in [5.41, 5.74) is 0.753. The molecule has 2 aliphatic carbocycles. The molecule has 2 aromatic heterocycles. The van der Waals surface area contributed by atoms with Gasteiger partial charge in [-0.25, -0.2) is 9.97 Å². The summed E-state index contributed by atoms with van der Waals surface area (Å²) in [6.07, 6.45) is 6.46. The summed E-state index contributed by atoms with van der Waals surface area (Å²) in [4.78, 5) is 32.9. The van der Waals surface area contributed by atoms with Crippen LogP contribution in [0.5, 0.6) is 0 Å². The Morgan fingerprint density at radius 2 is 1.30 bits per heavy atom. The molecule has 274 valence electrons. The van der Waals surface area contributed by atoms with Gasteiger partial charge in [0.1, 0.15) is 21.5 Å². The van der Waals surface area contributed by atoms with E-state index in [1.54, 1.807) is 48.5 Å². The summed E-state index contributed by atoms with van der Waals surface area (Å²) in [6.45, 7) is 1.81.